The number of rotatable bonds is 3. The first-order chi connectivity index (χ1) is 9.20. The Morgan fingerprint density at radius 2 is 2.05 bits per heavy atom. The minimum Gasteiger partial charge on any atom is -0.316 e. The molecule has 2 heterocycles. The van der Waals surface area contributed by atoms with Crippen LogP contribution in [0.15, 0.2) is 24.3 Å². The van der Waals surface area contributed by atoms with Crippen molar-refractivity contribution in [2.24, 2.45) is 11.8 Å². The van der Waals surface area contributed by atoms with E-state index in [1.165, 1.54) is 12.1 Å². The predicted molar refractivity (Wildman–Crippen MR) is 75.4 cm³/mol. The minimum absolute atomic E-state index is 0.144. The van der Waals surface area contributed by atoms with Gasteiger partial charge in [0.25, 0.3) is 0 Å². The van der Waals surface area contributed by atoms with Crippen LogP contribution in [-0.4, -0.2) is 30.6 Å². The Labute approximate surface area is 115 Å². The molecule has 0 spiro atoms. The molecule has 0 aromatic heterocycles. The third-order valence-electron chi connectivity index (χ3n) is 5.02. The van der Waals surface area contributed by atoms with E-state index in [2.05, 4.69) is 24.1 Å². The Hall–Kier alpha value is -0.930. The van der Waals surface area contributed by atoms with Crippen LogP contribution >= 0.6 is 0 Å². The highest BCUT2D eigenvalue weighted by Gasteiger charge is 2.43. The molecule has 3 rings (SSSR count). The molecule has 3 heteroatoms. The lowest BCUT2D eigenvalue weighted by molar-refractivity contribution is 0.166. The normalized spacial score (nSPS) is 32.5. The number of halogens is 1. The zero-order valence-electron chi connectivity index (χ0n) is 11.8. The van der Waals surface area contributed by atoms with E-state index in [0.717, 1.165) is 31.3 Å². The fourth-order valence-electron chi connectivity index (χ4n) is 3.96. The summed E-state index contributed by atoms with van der Waals surface area (Å²) < 4.78 is 13.1. The maximum Gasteiger partial charge on any atom is 0.123 e. The van der Waals surface area contributed by atoms with Crippen molar-refractivity contribution >= 4 is 0 Å². The van der Waals surface area contributed by atoms with Crippen LogP contribution in [-0.2, 0) is 0 Å². The van der Waals surface area contributed by atoms with E-state index < -0.39 is 0 Å². The number of nitrogens with one attached hydrogen (secondary N) is 1. The van der Waals surface area contributed by atoms with Gasteiger partial charge in [-0.15, -0.1) is 0 Å². The molecule has 4 unspecified atom stereocenters. The molecule has 0 amide bonds. The molecule has 19 heavy (non-hydrogen) atoms. The Bertz CT molecular complexity index is 431. The average Bonchev–Trinajstić information content (AvgIpc) is 2.97. The summed E-state index contributed by atoms with van der Waals surface area (Å²) >= 11 is 0. The molecule has 1 aromatic rings. The van der Waals surface area contributed by atoms with Gasteiger partial charge in [-0.05, 0) is 56.0 Å². The maximum atomic E-state index is 13.1. The van der Waals surface area contributed by atoms with Crippen molar-refractivity contribution in [3.63, 3.8) is 0 Å². The second-order valence-corrected chi connectivity index (χ2v) is 6.00. The lowest BCUT2D eigenvalue weighted by Crippen LogP contribution is -2.36. The fraction of sp³-hybridized carbons (Fsp3) is 0.625. The molecule has 0 radical (unpaired) electrons. The van der Waals surface area contributed by atoms with Crippen LogP contribution in [0.1, 0.15) is 31.9 Å². The van der Waals surface area contributed by atoms with Crippen molar-refractivity contribution in [2.45, 2.75) is 32.4 Å². The Kier molecular flexibility index (Phi) is 3.59. The summed E-state index contributed by atoms with van der Waals surface area (Å²) in [6.45, 7) is 8.07. The van der Waals surface area contributed by atoms with Crippen molar-refractivity contribution < 1.29 is 4.39 Å². The van der Waals surface area contributed by atoms with Gasteiger partial charge in [0.15, 0.2) is 0 Å². The average molecular weight is 262 g/mol. The van der Waals surface area contributed by atoms with Crippen LogP contribution in [0.4, 0.5) is 4.39 Å². The van der Waals surface area contributed by atoms with Crippen LogP contribution in [0.2, 0.25) is 0 Å². The standard InChI is InChI=1S/C16H23FN2/c1-3-16(12-4-6-14(17)7-5-12)19-10-13-8-18-9-15(13)11(19)2/h4-7,11,13,15-16,18H,3,8-10H2,1-2H3. The van der Waals surface area contributed by atoms with Gasteiger partial charge in [-0.3, -0.25) is 4.90 Å². The molecule has 0 saturated carbocycles. The molecule has 104 valence electrons. The first kappa shape index (κ1) is 13.1. The summed E-state index contributed by atoms with van der Waals surface area (Å²) in [5.74, 6) is 1.44. The van der Waals surface area contributed by atoms with Gasteiger partial charge in [0, 0.05) is 18.6 Å². The highest BCUT2D eigenvalue weighted by atomic mass is 19.1. The predicted octanol–water partition coefficient (Wildman–Crippen LogP) is 2.82. The molecular weight excluding hydrogens is 239 g/mol. The smallest absolute Gasteiger partial charge is 0.123 e. The Morgan fingerprint density at radius 3 is 2.68 bits per heavy atom. The van der Waals surface area contributed by atoms with E-state index in [1.54, 1.807) is 12.1 Å². The lowest BCUT2D eigenvalue weighted by Gasteiger charge is -2.33. The van der Waals surface area contributed by atoms with Crippen molar-refractivity contribution in [1.29, 1.82) is 0 Å². The number of nitrogens with zero attached hydrogens (tertiary/aromatic N) is 1. The molecular formula is C16H23FN2. The van der Waals surface area contributed by atoms with Gasteiger partial charge in [0.05, 0.1) is 0 Å². The molecule has 1 N–H and O–H groups in total. The van der Waals surface area contributed by atoms with E-state index >= 15 is 0 Å². The molecule has 1 aromatic carbocycles. The van der Waals surface area contributed by atoms with E-state index in [-0.39, 0.29) is 5.82 Å². The largest absolute Gasteiger partial charge is 0.316 e. The van der Waals surface area contributed by atoms with Crippen LogP contribution in [0.3, 0.4) is 0 Å². The second-order valence-electron chi connectivity index (χ2n) is 6.00. The van der Waals surface area contributed by atoms with Crippen molar-refractivity contribution in [3.8, 4) is 0 Å². The van der Waals surface area contributed by atoms with Crippen molar-refractivity contribution in [1.82, 2.24) is 10.2 Å². The van der Waals surface area contributed by atoms with Crippen molar-refractivity contribution in [2.75, 3.05) is 19.6 Å². The number of likely N-dealkylation sites (tertiary alicyclic amines) is 1. The van der Waals surface area contributed by atoms with Crippen LogP contribution < -0.4 is 5.32 Å². The van der Waals surface area contributed by atoms with Crippen LogP contribution in [0.5, 0.6) is 0 Å². The molecule has 2 aliphatic rings. The van der Waals surface area contributed by atoms with Crippen LogP contribution in [0, 0.1) is 17.7 Å². The summed E-state index contributed by atoms with van der Waals surface area (Å²) in [5.41, 5.74) is 1.25. The van der Waals surface area contributed by atoms with Gasteiger partial charge in [0.1, 0.15) is 5.82 Å². The molecule has 2 aliphatic heterocycles. The monoisotopic (exact) mass is 262 g/mol. The van der Waals surface area contributed by atoms with E-state index in [1.807, 2.05) is 12.1 Å². The summed E-state index contributed by atoms with van der Waals surface area (Å²) in [6.07, 6.45) is 1.09. The third-order valence-corrected chi connectivity index (χ3v) is 5.02. The van der Waals surface area contributed by atoms with Crippen molar-refractivity contribution in [3.05, 3.63) is 35.6 Å². The summed E-state index contributed by atoms with van der Waals surface area (Å²) in [5, 5.41) is 3.50. The molecule has 4 atom stereocenters. The van der Waals surface area contributed by atoms with Gasteiger partial charge >= 0.3 is 0 Å². The summed E-state index contributed by atoms with van der Waals surface area (Å²) in [4.78, 5) is 2.63. The highest BCUT2D eigenvalue weighted by molar-refractivity contribution is 5.21. The SMILES string of the molecule is CCC(c1ccc(F)cc1)N1CC2CNCC2C1C. The van der Waals surface area contributed by atoms with E-state index in [9.17, 15) is 4.39 Å². The molecule has 0 bridgehead atoms. The zero-order chi connectivity index (χ0) is 13.4. The number of hydrogen-bond donors (Lipinski definition) is 1. The topological polar surface area (TPSA) is 15.3 Å². The Morgan fingerprint density at radius 1 is 1.32 bits per heavy atom. The molecule has 0 aliphatic carbocycles. The van der Waals surface area contributed by atoms with Gasteiger partial charge in [0.2, 0.25) is 0 Å². The quantitative estimate of drug-likeness (QED) is 0.901. The van der Waals surface area contributed by atoms with Gasteiger partial charge < -0.3 is 5.32 Å². The Balaban J connectivity index is 1.81. The van der Waals surface area contributed by atoms with Gasteiger partial charge in [-0.1, -0.05) is 19.1 Å². The number of hydrogen-bond acceptors (Lipinski definition) is 2. The molecule has 2 nitrogen and oxygen atoms in total. The molecule has 2 saturated heterocycles. The highest BCUT2D eigenvalue weighted by Crippen LogP contribution is 2.39. The number of benzene rings is 1. The maximum absolute atomic E-state index is 13.1. The summed E-state index contributed by atoms with van der Waals surface area (Å²) in [7, 11) is 0. The lowest BCUT2D eigenvalue weighted by atomic mass is 9.95. The van der Waals surface area contributed by atoms with E-state index in [0.29, 0.717) is 12.1 Å². The molecule has 2 fully saturated rings. The first-order valence-electron chi connectivity index (χ1n) is 7.42. The van der Waals surface area contributed by atoms with Gasteiger partial charge in [-0.2, -0.15) is 0 Å². The number of fused-ring (bicyclic) bond motifs is 1. The first-order valence-corrected chi connectivity index (χ1v) is 7.42. The summed E-state index contributed by atoms with van der Waals surface area (Å²) in [6, 6.07) is 8.11. The third kappa shape index (κ3) is 2.30. The second kappa shape index (κ2) is 5.22. The van der Waals surface area contributed by atoms with Crippen LogP contribution in [0.25, 0.3) is 0 Å². The van der Waals surface area contributed by atoms with E-state index in [4.69, 9.17) is 0 Å². The van der Waals surface area contributed by atoms with Gasteiger partial charge in [-0.25, -0.2) is 4.39 Å². The minimum atomic E-state index is -0.144. The fourth-order valence-corrected chi connectivity index (χ4v) is 3.96. The zero-order valence-corrected chi connectivity index (χ0v) is 11.8.